The first kappa shape index (κ1) is 21.3. The molecule has 6 nitrogen and oxygen atoms in total. The number of benzene rings is 2. The number of amides is 2. The van der Waals surface area contributed by atoms with Gasteiger partial charge in [-0.05, 0) is 56.7 Å². The van der Waals surface area contributed by atoms with Gasteiger partial charge in [0, 0.05) is 36.6 Å². The molecule has 0 aliphatic rings. The normalized spacial score (nSPS) is 10.6. The fourth-order valence-electron chi connectivity index (χ4n) is 3.42. The SMILES string of the molecule is CCN(C(=O)Cc1ccc(NC(=O)CCn2nc(C)cc2C)cc1)c1ccccc1. The zero-order chi connectivity index (χ0) is 21.5. The summed E-state index contributed by atoms with van der Waals surface area (Å²) in [7, 11) is 0. The van der Waals surface area contributed by atoms with Crippen molar-refractivity contribution in [3.63, 3.8) is 0 Å². The average Bonchev–Trinajstić information content (AvgIpc) is 3.06. The Morgan fingerprint density at radius 2 is 1.73 bits per heavy atom. The number of carbonyl (C=O) groups excluding carboxylic acids is 2. The average molecular weight is 405 g/mol. The molecular formula is C24H28N4O2. The highest BCUT2D eigenvalue weighted by Gasteiger charge is 2.14. The van der Waals surface area contributed by atoms with E-state index in [4.69, 9.17) is 0 Å². The van der Waals surface area contributed by atoms with Gasteiger partial charge < -0.3 is 10.2 Å². The van der Waals surface area contributed by atoms with Gasteiger partial charge in [-0.1, -0.05) is 30.3 Å². The summed E-state index contributed by atoms with van der Waals surface area (Å²) in [5, 5.41) is 7.28. The first-order valence-electron chi connectivity index (χ1n) is 10.2. The Balaban J connectivity index is 1.53. The van der Waals surface area contributed by atoms with E-state index in [1.165, 1.54) is 0 Å². The van der Waals surface area contributed by atoms with Crippen LogP contribution in [0.4, 0.5) is 11.4 Å². The summed E-state index contributed by atoms with van der Waals surface area (Å²) in [5.74, 6) is -0.0158. The van der Waals surface area contributed by atoms with E-state index in [1.54, 1.807) is 4.90 Å². The van der Waals surface area contributed by atoms with Crippen LogP contribution >= 0.6 is 0 Å². The van der Waals surface area contributed by atoms with Crippen LogP contribution in [0.2, 0.25) is 0 Å². The van der Waals surface area contributed by atoms with Gasteiger partial charge in [-0.2, -0.15) is 5.10 Å². The largest absolute Gasteiger partial charge is 0.326 e. The smallest absolute Gasteiger partial charge is 0.231 e. The molecule has 0 fully saturated rings. The van der Waals surface area contributed by atoms with Crippen LogP contribution in [0.1, 0.15) is 30.3 Å². The number of rotatable bonds is 8. The molecule has 0 saturated carbocycles. The van der Waals surface area contributed by atoms with E-state index in [9.17, 15) is 9.59 Å². The summed E-state index contributed by atoms with van der Waals surface area (Å²) in [6.45, 7) is 7.05. The molecule has 3 aromatic rings. The van der Waals surface area contributed by atoms with E-state index in [-0.39, 0.29) is 11.8 Å². The van der Waals surface area contributed by atoms with Crippen molar-refractivity contribution in [3.05, 3.63) is 77.6 Å². The third kappa shape index (κ3) is 5.56. The second-order valence-electron chi connectivity index (χ2n) is 7.30. The van der Waals surface area contributed by atoms with Crippen molar-refractivity contribution in [2.24, 2.45) is 0 Å². The molecule has 0 aliphatic carbocycles. The highest BCUT2D eigenvalue weighted by atomic mass is 16.2. The molecule has 1 N–H and O–H groups in total. The van der Waals surface area contributed by atoms with E-state index in [2.05, 4.69) is 10.4 Å². The zero-order valence-electron chi connectivity index (χ0n) is 17.8. The number of aryl methyl sites for hydroxylation is 3. The lowest BCUT2D eigenvalue weighted by Crippen LogP contribution is -2.31. The molecular weight excluding hydrogens is 376 g/mol. The molecule has 0 unspecified atom stereocenters. The van der Waals surface area contributed by atoms with E-state index in [0.717, 1.165) is 28.3 Å². The van der Waals surface area contributed by atoms with E-state index >= 15 is 0 Å². The maximum atomic E-state index is 12.7. The first-order chi connectivity index (χ1) is 14.5. The van der Waals surface area contributed by atoms with E-state index in [1.807, 2.05) is 86.1 Å². The minimum atomic E-state index is -0.0624. The lowest BCUT2D eigenvalue weighted by molar-refractivity contribution is -0.118. The lowest BCUT2D eigenvalue weighted by atomic mass is 10.1. The van der Waals surface area contributed by atoms with Crippen LogP contribution in [-0.4, -0.2) is 28.1 Å². The van der Waals surface area contributed by atoms with Gasteiger partial charge in [-0.15, -0.1) is 0 Å². The molecule has 0 atom stereocenters. The minimum absolute atomic E-state index is 0.0466. The van der Waals surface area contributed by atoms with Crippen molar-refractivity contribution in [2.75, 3.05) is 16.8 Å². The third-order valence-electron chi connectivity index (χ3n) is 4.93. The Kier molecular flexibility index (Phi) is 7.01. The number of aromatic nitrogens is 2. The van der Waals surface area contributed by atoms with Gasteiger partial charge in [0.2, 0.25) is 11.8 Å². The van der Waals surface area contributed by atoms with Crippen LogP contribution in [-0.2, 0) is 22.6 Å². The van der Waals surface area contributed by atoms with Crippen LogP contribution in [0.3, 0.4) is 0 Å². The van der Waals surface area contributed by atoms with Gasteiger partial charge in [-0.3, -0.25) is 14.3 Å². The lowest BCUT2D eigenvalue weighted by Gasteiger charge is -2.21. The van der Waals surface area contributed by atoms with Crippen molar-refractivity contribution < 1.29 is 9.59 Å². The summed E-state index contributed by atoms with van der Waals surface area (Å²) in [5.41, 5.74) is 4.53. The van der Waals surface area contributed by atoms with Gasteiger partial charge in [0.1, 0.15) is 0 Å². The predicted octanol–water partition coefficient (Wildman–Crippen LogP) is 4.12. The molecule has 2 aromatic carbocycles. The monoisotopic (exact) mass is 404 g/mol. The Labute approximate surface area is 177 Å². The maximum Gasteiger partial charge on any atom is 0.231 e. The van der Waals surface area contributed by atoms with Gasteiger partial charge in [0.25, 0.3) is 0 Å². The molecule has 0 radical (unpaired) electrons. The molecule has 156 valence electrons. The number of hydrogen-bond acceptors (Lipinski definition) is 3. The van der Waals surface area contributed by atoms with Gasteiger partial charge in [-0.25, -0.2) is 0 Å². The van der Waals surface area contributed by atoms with Crippen LogP contribution in [0, 0.1) is 13.8 Å². The fraction of sp³-hybridized carbons (Fsp3) is 0.292. The van der Waals surface area contributed by atoms with Crippen LogP contribution in [0.5, 0.6) is 0 Å². The van der Waals surface area contributed by atoms with E-state index < -0.39 is 0 Å². The van der Waals surface area contributed by atoms with Crippen molar-refractivity contribution in [3.8, 4) is 0 Å². The second kappa shape index (κ2) is 9.87. The number of anilines is 2. The molecule has 0 bridgehead atoms. The molecule has 3 rings (SSSR count). The molecule has 2 amide bonds. The van der Waals surface area contributed by atoms with Crippen molar-refractivity contribution in [2.45, 2.75) is 40.2 Å². The van der Waals surface area contributed by atoms with Gasteiger partial charge in [0.15, 0.2) is 0 Å². The number of nitrogens with zero attached hydrogens (tertiary/aromatic N) is 3. The summed E-state index contributed by atoms with van der Waals surface area (Å²) in [6, 6.07) is 19.1. The number of nitrogens with one attached hydrogen (secondary N) is 1. The van der Waals surface area contributed by atoms with Gasteiger partial charge >= 0.3 is 0 Å². The Morgan fingerprint density at radius 3 is 2.33 bits per heavy atom. The Hall–Kier alpha value is -3.41. The van der Waals surface area contributed by atoms with Crippen molar-refractivity contribution in [1.82, 2.24) is 9.78 Å². The zero-order valence-corrected chi connectivity index (χ0v) is 17.8. The fourth-order valence-corrected chi connectivity index (χ4v) is 3.42. The molecule has 0 saturated heterocycles. The first-order valence-corrected chi connectivity index (χ1v) is 10.2. The molecule has 0 spiro atoms. The molecule has 0 aliphatic heterocycles. The summed E-state index contributed by atoms with van der Waals surface area (Å²) in [4.78, 5) is 26.7. The van der Waals surface area contributed by atoms with Crippen LogP contribution in [0.15, 0.2) is 60.7 Å². The van der Waals surface area contributed by atoms with Crippen molar-refractivity contribution >= 4 is 23.2 Å². The van der Waals surface area contributed by atoms with Gasteiger partial charge in [0.05, 0.1) is 12.1 Å². The molecule has 1 heterocycles. The van der Waals surface area contributed by atoms with Crippen LogP contribution < -0.4 is 10.2 Å². The molecule has 1 aromatic heterocycles. The topological polar surface area (TPSA) is 67.2 Å². The third-order valence-corrected chi connectivity index (χ3v) is 4.93. The highest BCUT2D eigenvalue weighted by Crippen LogP contribution is 2.16. The predicted molar refractivity (Wildman–Crippen MR) is 120 cm³/mol. The number of para-hydroxylation sites is 1. The second-order valence-corrected chi connectivity index (χ2v) is 7.30. The van der Waals surface area contributed by atoms with Crippen LogP contribution in [0.25, 0.3) is 0 Å². The number of likely N-dealkylation sites (N-methyl/N-ethyl adjacent to an activating group) is 1. The summed E-state index contributed by atoms with van der Waals surface area (Å²) in [6.07, 6.45) is 0.666. The molecule has 6 heteroatoms. The van der Waals surface area contributed by atoms with Crippen molar-refractivity contribution in [1.29, 1.82) is 0 Å². The standard InChI is InChI=1S/C24H28N4O2/c1-4-27(22-8-6-5-7-9-22)24(30)17-20-10-12-21(13-11-20)25-23(29)14-15-28-19(3)16-18(2)26-28/h5-13,16H,4,14-15,17H2,1-3H3,(H,25,29). The highest BCUT2D eigenvalue weighted by molar-refractivity contribution is 5.95. The van der Waals surface area contributed by atoms with E-state index in [0.29, 0.717) is 25.9 Å². The summed E-state index contributed by atoms with van der Waals surface area (Å²) < 4.78 is 1.84. The minimum Gasteiger partial charge on any atom is -0.326 e. The number of hydrogen-bond donors (Lipinski definition) is 1. The Bertz CT molecular complexity index is 994. The summed E-state index contributed by atoms with van der Waals surface area (Å²) >= 11 is 0. The maximum absolute atomic E-state index is 12.7. The quantitative estimate of drug-likeness (QED) is 0.614. The number of carbonyl (C=O) groups is 2. The Morgan fingerprint density at radius 1 is 1.03 bits per heavy atom. The molecule has 30 heavy (non-hydrogen) atoms.